The first-order valence-electron chi connectivity index (χ1n) is 6.73. The normalized spacial score (nSPS) is 15.8. The Morgan fingerprint density at radius 1 is 1.40 bits per heavy atom. The highest BCUT2D eigenvalue weighted by molar-refractivity contribution is 9.10. The third kappa shape index (κ3) is 4.65. The number of benzene rings is 1. The molecule has 0 aromatic heterocycles. The zero-order valence-electron chi connectivity index (χ0n) is 11.2. The Labute approximate surface area is 132 Å². The summed E-state index contributed by atoms with van der Waals surface area (Å²) >= 11 is 9.25. The Morgan fingerprint density at radius 2 is 2.25 bits per heavy atom. The molecule has 0 aliphatic carbocycles. The first-order valence-corrected chi connectivity index (χ1v) is 7.90. The zero-order chi connectivity index (χ0) is 14.4. The molecule has 1 saturated heterocycles. The van der Waals surface area contributed by atoms with Crippen molar-refractivity contribution in [1.82, 2.24) is 10.2 Å². The van der Waals surface area contributed by atoms with Gasteiger partial charge in [0.1, 0.15) is 5.75 Å². The number of hydrogen-bond acceptors (Lipinski definition) is 3. The quantitative estimate of drug-likeness (QED) is 0.896. The van der Waals surface area contributed by atoms with E-state index in [0.29, 0.717) is 23.8 Å². The number of halogens is 2. The first kappa shape index (κ1) is 15.6. The summed E-state index contributed by atoms with van der Waals surface area (Å²) in [5, 5.41) is 3.93. The standard InChI is InChI=1S/C14H18BrClN2O2/c15-12-10-11(16)2-3-13(12)20-9-4-14(19)18-7-1-5-17-6-8-18/h2-3,10,17H,1,4-9H2. The van der Waals surface area contributed by atoms with Gasteiger partial charge in [-0.15, -0.1) is 0 Å². The van der Waals surface area contributed by atoms with Gasteiger partial charge in [-0.25, -0.2) is 0 Å². The van der Waals surface area contributed by atoms with Crippen LogP contribution >= 0.6 is 27.5 Å². The molecule has 20 heavy (non-hydrogen) atoms. The van der Waals surface area contributed by atoms with E-state index < -0.39 is 0 Å². The zero-order valence-corrected chi connectivity index (χ0v) is 13.5. The summed E-state index contributed by atoms with van der Waals surface area (Å²) in [6, 6.07) is 5.34. The van der Waals surface area contributed by atoms with Crippen molar-refractivity contribution in [3.63, 3.8) is 0 Å². The number of carbonyl (C=O) groups is 1. The van der Waals surface area contributed by atoms with Crippen molar-refractivity contribution in [2.45, 2.75) is 12.8 Å². The lowest BCUT2D eigenvalue weighted by atomic mass is 10.3. The smallest absolute Gasteiger partial charge is 0.226 e. The fraction of sp³-hybridized carbons (Fsp3) is 0.500. The Morgan fingerprint density at radius 3 is 3.05 bits per heavy atom. The summed E-state index contributed by atoms with van der Waals surface area (Å²) in [5.41, 5.74) is 0. The van der Waals surface area contributed by atoms with Gasteiger partial charge in [0.25, 0.3) is 0 Å². The number of nitrogens with one attached hydrogen (secondary N) is 1. The monoisotopic (exact) mass is 360 g/mol. The molecule has 1 N–H and O–H groups in total. The van der Waals surface area contributed by atoms with E-state index in [1.165, 1.54) is 0 Å². The second-order valence-electron chi connectivity index (χ2n) is 4.66. The Balaban J connectivity index is 1.78. The van der Waals surface area contributed by atoms with Crippen LogP contribution in [0, 0.1) is 0 Å². The third-order valence-corrected chi connectivity index (χ3v) is 4.02. The average molecular weight is 362 g/mol. The number of amides is 1. The molecule has 0 bridgehead atoms. The minimum atomic E-state index is 0.152. The highest BCUT2D eigenvalue weighted by Gasteiger charge is 2.15. The van der Waals surface area contributed by atoms with Crippen molar-refractivity contribution in [1.29, 1.82) is 0 Å². The lowest BCUT2D eigenvalue weighted by Gasteiger charge is -2.20. The van der Waals surface area contributed by atoms with Gasteiger partial charge >= 0.3 is 0 Å². The lowest BCUT2D eigenvalue weighted by Crippen LogP contribution is -2.34. The predicted octanol–water partition coefficient (Wildman–Crippen LogP) is 2.69. The molecule has 0 spiro atoms. The molecule has 6 heteroatoms. The molecular weight excluding hydrogens is 344 g/mol. The SMILES string of the molecule is O=C(CCOc1ccc(Cl)cc1Br)N1CCCNCC1. The molecule has 0 saturated carbocycles. The van der Waals surface area contributed by atoms with Crippen molar-refractivity contribution in [2.75, 3.05) is 32.8 Å². The maximum absolute atomic E-state index is 12.1. The van der Waals surface area contributed by atoms with Crippen LogP contribution in [0.15, 0.2) is 22.7 Å². The molecule has 0 radical (unpaired) electrons. The van der Waals surface area contributed by atoms with Crippen LogP contribution in [0.4, 0.5) is 0 Å². The van der Waals surface area contributed by atoms with Gasteiger partial charge in [0.05, 0.1) is 17.5 Å². The second kappa shape index (κ2) is 7.86. The number of rotatable bonds is 4. The van der Waals surface area contributed by atoms with Crippen LogP contribution in [-0.4, -0.2) is 43.6 Å². The molecule has 4 nitrogen and oxygen atoms in total. The van der Waals surface area contributed by atoms with Crippen molar-refractivity contribution in [3.8, 4) is 5.75 Å². The largest absolute Gasteiger partial charge is 0.492 e. The van der Waals surface area contributed by atoms with E-state index in [-0.39, 0.29) is 5.91 Å². The van der Waals surface area contributed by atoms with Gasteiger partial charge in [-0.2, -0.15) is 0 Å². The minimum Gasteiger partial charge on any atom is -0.492 e. The highest BCUT2D eigenvalue weighted by Crippen LogP contribution is 2.28. The van der Waals surface area contributed by atoms with E-state index in [0.717, 1.165) is 37.1 Å². The van der Waals surface area contributed by atoms with Crippen molar-refractivity contribution < 1.29 is 9.53 Å². The molecule has 110 valence electrons. The van der Waals surface area contributed by atoms with Gasteiger partial charge in [-0.05, 0) is 47.1 Å². The van der Waals surface area contributed by atoms with E-state index in [9.17, 15) is 4.79 Å². The van der Waals surface area contributed by atoms with Gasteiger partial charge in [0.15, 0.2) is 0 Å². The van der Waals surface area contributed by atoms with Crippen molar-refractivity contribution in [2.24, 2.45) is 0 Å². The summed E-state index contributed by atoms with van der Waals surface area (Å²) in [6.07, 6.45) is 1.41. The summed E-state index contributed by atoms with van der Waals surface area (Å²) in [7, 11) is 0. The molecular formula is C14H18BrClN2O2. The van der Waals surface area contributed by atoms with Gasteiger partial charge in [-0.3, -0.25) is 4.79 Å². The van der Waals surface area contributed by atoms with Crippen LogP contribution < -0.4 is 10.1 Å². The number of carbonyl (C=O) groups excluding carboxylic acids is 1. The summed E-state index contributed by atoms with van der Waals surface area (Å²) < 4.78 is 6.42. The maximum atomic E-state index is 12.1. The molecule has 0 atom stereocenters. The van der Waals surface area contributed by atoms with Gasteiger partial charge in [-0.1, -0.05) is 11.6 Å². The molecule has 1 aromatic rings. The molecule has 1 aliphatic heterocycles. The minimum absolute atomic E-state index is 0.152. The fourth-order valence-electron chi connectivity index (χ4n) is 2.09. The van der Waals surface area contributed by atoms with E-state index in [1.54, 1.807) is 18.2 Å². The van der Waals surface area contributed by atoms with Crippen LogP contribution in [0.3, 0.4) is 0 Å². The molecule has 1 fully saturated rings. The Bertz CT molecular complexity index is 462. The van der Waals surface area contributed by atoms with E-state index in [1.807, 2.05) is 4.90 Å². The Kier molecular flexibility index (Phi) is 6.13. The van der Waals surface area contributed by atoms with E-state index in [2.05, 4.69) is 21.2 Å². The molecule has 1 amide bonds. The Hall–Kier alpha value is -0.780. The van der Waals surface area contributed by atoms with E-state index >= 15 is 0 Å². The average Bonchev–Trinajstić information content (AvgIpc) is 2.70. The van der Waals surface area contributed by atoms with Gasteiger partial charge in [0.2, 0.25) is 5.91 Å². The van der Waals surface area contributed by atoms with Crippen LogP contribution in [0.25, 0.3) is 0 Å². The lowest BCUT2D eigenvalue weighted by molar-refractivity contribution is -0.131. The summed E-state index contributed by atoms with van der Waals surface area (Å²) in [4.78, 5) is 14.0. The number of hydrogen-bond donors (Lipinski definition) is 1. The molecule has 1 aromatic carbocycles. The fourth-order valence-corrected chi connectivity index (χ4v) is 2.89. The molecule has 1 aliphatic rings. The number of ether oxygens (including phenoxy) is 1. The first-order chi connectivity index (χ1) is 9.66. The third-order valence-electron chi connectivity index (χ3n) is 3.16. The van der Waals surface area contributed by atoms with E-state index in [4.69, 9.17) is 16.3 Å². The topological polar surface area (TPSA) is 41.6 Å². The van der Waals surface area contributed by atoms with Crippen LogP contribution in [-0.2, 0) is 4.79 Å². The van der Waals surface area contributed by atoms with Gasteiger partial charge < -0.3 is 15.0 Å². The highest BCUT2D eigenvalue weighted by atomic mass is 79.9. The second-order valence-corrected chi connectivity index (χ2v) is 5.95. The van der Waals surface area contributed by atoms with Gasteiger partial charge in [0, 0.05) is 24.7 Å². The molecule has 0 unspecified atom stereocenters. The van der Waals surface area contributed by atoms with Crippen LogP contribution in [0.1, 0.15) is 12.8 Å². The summed E-state index contributed by atoms with van der Waals surface area (Å²) in [6.45, 7) is 3.84. The van der Waals surface area contributed by atoms with Crippen molar-refractivity contribution >= 4 is 33.4 Å². The molecule has 1 heterocycles. The van der Waals surface area contributed by atoms with Crippen molar-refractivity contribution in [3.05, 3.63) is 27.7 Å². The van der Waals surface area contributed by atoms with Crippen LogP contribution in [0.5, 0.6) is 5.75 Å². The summed E-state index contributed by atoms with van der Waals surface area (Å²) in [5.74, 6) is 0.860. The molecule has 2 rings (SSSR count). The maximum Gasteiger partial charge on any atom is 0.226 e. The van der Waals surface area contributed by atoms with Crippen LogP contribution in [0.2, 0.25) is 5.02 Å². The predicted molar refractivity (Wildman–Crippen MR) is 83.3 cm³/mol. The number of nitrogens with zero attached hydrogens (tertiary/aromatic N) is 1.